The molecule has 4 heterocycles. The molecule has 8 heteroatoms. The fourth-order valence-electron chi connectivity index (χ4n) is 4.58. The van der Waals surface area contributed by atoms with Crippen molar-refractivity contribution in [3.8, 4) is 0 Å². The van der Waals surface area contributed by atoms with Crippen molar-refractivity contribution in [3.05, 3.63) is 65.2 Å². The molecule has 0 unspecified atom stereocenters. The van der Waals surface area contributed by atoms with E-state index in [1.165, 1.54) is 10.9 Å². The van der Waals surface area contributed by atoms with E-state index < -0.39 is 0 Å². The van der Waals surface area contributed by atoms with E-state index in [2.05, 4.69) is 45.6 Å². The van der Waals surface area contributed by atoms with Gasteiger partial charge in [-0.05, 0) is 37.9 Å². The Balaban J connectivity index is 1.42. The molecule has 0 radical (unpaired) electrons. The van der Waals surface area contributed by atoms with Crippen LogP contribution < -0.4 is 0 Å². The summed E-state index contributed by atoms with van der Waals surface area (Å²) in [5, 5.41) is 4.35. The third-order valence-electron chi connectivity index (χ3n) is 5.90. The Kier molecular flexibility index (Phi) is 5.67. The molecule has 0 spiro atoms. The number of aromatic nitrogens is 3. The van der Waals surface area contributed by atoms with Crippen molar-refractivity contribution in [1.82, 2.24) is 24.2 Å². The van der Waals surface area contributed by atoms with Crippen LogP contribution in [0.25, 0.3) is 15.7 Å². The van der Waals surface area contributed by atoms with Crippen molar-refractivity contribution in [3.63, 3.8) is 0 Å². The van der Waals surface area contributed by atoms with Gasteiger partial charge in [-0.15, -0.1) is 11.3 Å². The Morgan fingerprint density at radius 3 is 2.84 bits per heavy atom. The minimum atomic E-state index is -0.0115. The van der Waals surface area contributed by atoms with Crippen LogP contribution in [0.5, 0.6) is 0 Å². The van der Waals surface area contributed by atoms with Crippen molar-refractivity contribution in [2.24, 2.45) is 0 Å². The van der Waals surface area contributed by atoms with Gasteiger partial charge in [0.25, 0.3) is 5.91 Å². The number of benzene rings is 1. The quantitative estimate of drug-likeness (QED) is 0.463. The van der Waals surface area contributed by atoms with Crippen LogP contribution >= 0.6 is 11.3 Å². The lowest BCUT2D eigenvalue weighted by Gasteiger charge is -2.35. The molecule has 5 rings (SSSR count). The first-order valence-electron chi connectivity index (χ1n) is 10.9. The molecule has 1 amide bonds. The van der Waals surface area contributed by atoms with Gasteiger partial charge in [0.1, 0.15) is 0 Å². The lowest BCUT2D eigenvalue weighted by Crippen LogP contribution is -2.48. The summed E-state index contributed by atoms with van der Waals surface area (Å²) >= 11 is 1.55. The average Bonchev–Trinajstić information content (AvgIpc) is 3.35. The molecule has 3 aromatic heterocycles. The number of ether oxygens (including phenoxy) is 1. The molecule has 166 valence electrons. The molecule has 0 aliphatic carbocycles. The number of rotatable bonds is 5. The summed E-state index contributed by atoms with van der Waals surface area (Å²) in [6.07, 6.45) is 5.78. The van der Waals surface area contributed by atoms with Gasteiger partial charge >= 0.3 is 0 Å². The molecule has 4 aromatic rings. The molecular formula is C24H27N5O2S. The van der Waals surface area contributed by atoms with Gasteiger partial charge in [0.2, 0.25) is 0 Å². The zero-order valence-corrected chi connectivity index (χ0v) is 19.4. The van der Waals surface area contributed by atoms with Gasteiger partial charge in [0, 0.05) is 55.5 Å². The van der Waals surface area contributed by atoms with Gasteiger partial charge in [-0.2, -0.15) is 0 Å². The number of thiazole rings is 1. The van der Waals surface area contributed by atoms with Gasteiger partial charge in [0.05, 0.1) is 17.9 Å². The van der Waals surface area contributed by atoms with E-state index >= 15 is 0 Å². The molecule has 0 bridgehead atoms. The molecule has 1 aromatic carbocycles. The molecule has 1 aliphatic rings. The van der Waals surface area contributed by atoms with Crippen LogP contribution in [0.3, 0.4) is 0 Å². The van der Waals surface area contributed by atoms with E-state index in [0.29, 0.717) is 25.3 Å². The van der Waals surface area contributed by atoms with Crippen LogP contribution in [0.15, 0.2) is 48.2 Å². The second kappa shape index (κ2) is 8.61. The molecule has 1 fully saturated rings. The highest BCUT2D eigenvalue weighted by Crippen LogP contribution is 2.24. The normalized spacial score (nSPS) is 19.3. The van der Waals surface area contributed by atoms with E-state index in [-0.39, 0.29) is 18.1 Å². The monoisotopic (exact) mass is 449 g/mol. The first kappa shape index (κ1) is 21.1. The number of morpholine rings is 1. The highest BCUT2D eigenvalue weighted by molar-refractivity contribution is 7.15. The topological polar surface area (TPSA) is 63.0 Å². The highest BCUT2D eigenvalue weighted by atomic mass is 32.1. The zero-order valence-electron chi connectivity index (χ0n) is 18.6. The summed E-state index contributed by atoms with van der Waals surface area (Å²) in [5.74, 6) is -0.0115. The smallest absolute Gasteiger partial charge is 0.274 e. The second-order valence-electron chi connectivity index (χ2n) is 8.62. The van der Waals surface area contributed by atoms with Gasteiger partial charge in [-0.1, -0.05) is 18.2 Å². The largest absolute Gasteiger partial charge is 0.372 e. The van der Waals surface area contributed by atoms with Crippen molar-refractivity contribution in [1.29, 1.82) is 0 Å². The van der Waals surface area contributed by atoms with Crippen LogP contribution in [0.4, 0.5) is 0 Å². The summed E-state index contributed by atoms with van der Waals surface area (Å²) in [7, 11) is 2.08. The summed E-state index contributed by atoms with van der Waals surface area (Å²) in [5.41, 5.74) is 2.72. The summed E-state index contributed by atoms with van der Waals surface area (Å²) < 4.78 is 7.86. The maximum Gasteiger partial charge on any atom is 0.274 e. The third kappa shape index (κ3) is 4.01. The van der Waals surface area contributed by atoms with Crippen LogP contribution in [-0.4, -0.2) is 62.4 Å². The zero-order chi connectivity index (χ0) is 22.2. The molecular weight excluding hydrogens is 422 g/mol. The SMILES string of the molecule is C[C@@H]1CN(C(=O)c2nc3sccn3c2CN(C)Cc2cccc3cnccc23)C[C@H](C)O1. The molecule has 7 nitrogen and oxygen atoms in total. The summed E-state index contributed by atoms with van der Waals surface area (Å²) in [4.78, 5) is 27.4. The highest BCUT2D eigenvalue weighted by Gasteiger charge is 2.30. The predicted molar refractivity (Wildman–Crippen MR) is 126 cm³/mol. The molecule has 0 saturated carbocycles. The molecule has 2 atom stereocenters. The van der Waals surface area contributed by atoms with Gasteiger partial charge in [0.15, 0.2) is 10.7 Å². The number of carbonyl (C=O) groups is 1. The van der Waals surface area contributed by atoms with E-state index in [0.717, 1.165) is 22.6 Å². The fraction of sp³-hybridized carbons (Fsp3) is 0.375. The van der Waals surface area contributed by atoms with Gasteiger partial charge in [-0.25, -0.2) is 4.98 Å². The Hall–Kier alpha value is -2.81. The van der Waals surface area contributed by atoms with Crippen molar-refractivity contribution in [2.75, 3.05) is 20.1 Å². The maximum atomic E-state index is 13.5. The first-order valence-corrected chi connectivity index (χ1v) is 11.8. The second-order valence-corrected chi connectivity index (χ2v) is 9.49. The van der Waals surface area contributed by atoms with Crippen molar-refractivity contribution in [2.45, 2.75) is 39.1 Å². The van der Waals surface area contributed by atoms with Crippen LogP contribution in [-0.2, 0) is 17.8 Å². The predicted octanol–water partition coefficient (Wildman–Crippen LogP) is 3.83. The Morgan fingerprint density at radius 1 is 1.22 bits per heavy atom. The number of imidazole rings is 1. The van der Waals surface area contributed by atoms with Crippen LogP contribution in [0.2, 0.25) is 0 Å². The lowest BCUT2D eigenvalue weighted by molar-refractivity contribution is -0.0587. The minimum absolute atomic E-state index is 0.0115. The minimum Gasteiger partial charge on any atom is -0.372 e. The first-order chi connectivity index (χ1) is 15.5. The molecule has 1 saturated heterocycles. The number of hydrogen-bond donors (Lipinski definition) is 0. The fourth-order valence-corrected chi connectivity index (χ4v) is 5.31. The molecule has 0 N–H and O–H groups in total. The molecule has 1 aliphatic heterocycles. The Bertz CT molecular complexity index is 1250. The van der Waals surface area contributed by atoms with E-state index in [9.17, 15) is 4.79 Å². The lowest BCUT2D eigenvalue weighted by atomic mass is 10.1. The van der Waals surface area contributed by atoms with E-state index in [1.807, 2.05) is 42.7 Å². The Morgan fingerprint density at radius 2 is 2.03 bits per heavy atom. The number of fused-ring (bicyclic) bond motifs is 2. The summed E-state index contributed by atoms with van der Waals surface area (Å²) in [6, 6.07) is 8.36. The van der Waals surface area contributed by atoms with Crippen LogP contribution in [0, 0.1) is 0 Å². The number of hydrogen-bond acceptors (Lipinski definition) is 6. The Labute approximate surface area is 191 Å². The van der Waals surface area contributed by atoms with Gasteiger partial charge < -0.3 is 9.64 Å². The van der Waals surface area contributed by atoms with Crippen LogP contribution in [0.1, 0.15) is 35.6 Å². The average molecular weight is 450 g/mol. The number of amides is 1. The van der Waals surface area contributed by atoms with Crippen molar-refractivity contribution >= 4 is 33.0 Å². The summed E-state index contributed by atoms with van der Waals surface area (Å²) in [6.45, 7) is 6.58. The van der Waals surface area contributed by atoms with Gasteiger partial charge in [-0.3, -0.25) is 19.1 Å². The van der Waals surface area contributed by atoms with E-state index in [4.69, 9.17) is 9.72 Å². The maximum absolute atomic E-state index is 13.5. The molecule has 32 heavy (non-hydrogen) atoms. The van der Waals surface area contributed by atoms with Crippen molar-refractivity contribution < 1.29 is 9.53 Å². The number of pyridine rings is 1. The number of carbonyl (C=O) groups excluding carboxylic acids is 1. The third-order valence-corrected chi connectivity index (χ3v) is 6.66. The number of nitrogens with zero attached hydrogens (tertiary/aromatic N) is 5. The van der Waals surface area contributed by atoms with E-state index in [1.54, 1.807) is 11.3 Å². The standard InChI is InChI=1S/C24H27N5O2S/c1-16-12-28(13-17(2)31-16)23(30)22-21(29-9-10-32-24(29)26-22)15-27(3)14-19-6-4-5-18-11-25-8-7-20(18)19/h4-11,16-17H,12-15H2,1-3H3/t16-,17+.